The number of carbonyl (C=O) groups excluding carboxylic acids is 1. The molecule has 1 unspecified atom stereocenters. The Hall–Kier alpha value is -3.04. The van der Waals surface area contributed by atoms with Crippen molar-refractivity contribution in [3.63, 3.8) is 0 Å². The SMILES string of the molecule is CC(C)(C)NC(=O)NC1CCCN1CCCOc1ccc(-c2ccc(C#N)cc2)cc1. The summed E-state index contributed by atoms with van der Waals surface area (Å²) in [5, 5.41) is 15.0. The highest BCUT2D eigenvalue weighted by Gasteiger charge is 2.26. The molecule has 31 heavy (non-hydrogen) atoms. The predicted octanol–water partition coefficient (Wildman–Crippen LogP) is 4.51. The molecule has 0 aliphatic carbocycles. The molecule has 2 aromatic rings. The summed E-state index contributed by atoms with van der Waals surface area (Å²) < 4.78 is 5.91. The Labute approximate surface area is 185 Å². The number of amides is 2. The van der Waals surface area contributed by atoms with Crippen molar-refractivity contribution >= 4 is 6.03 Å². The Morgan fingerprint density at radius 3 is 2.39 bits per heavy atom. The van der Waals surface area contributed by atoms with Gasteiger partial charge in [-0.2, -0.15) is 5.26 Å². The first kappa shape index (κ1) is 22.6. The van der Waals surface area contributed by atoms with Gasteiger partial charge in [-0.25, -0.2) is 4.79 Å². The summed E-state index contributed by atoms with van der Waals surface area (Å²) in [4.78, 5) is 14.5. The van der Waals surface area contributed by atoms with Crippen molar-refractivity contribution in [2.24, 2.45) is 0 Å². The number of urea groups is 1. The van der Waals surface area contributed by atoms with Crippen LogP contribution in [0.3, 0.4) is 0 Å². The van der Waals surface area contributed by atoms with E-state index < -0.39 is 0 Å². The molecule has 2 aromatic carbocycles. The zero-order chi connectivity index (χ0) is 22.3. The van der Waals surface area contributed by atoms with Gasteiger partial charge in [-0.15, -0.1) is 0 Å². The highest BCUT2D eigenvalue weighted by Crippen LogP contribution is 2.23. The van der Waals surface area contributed by atoms with E-state index in [-0.39, 0.29) is 17.7 Å². The average Bonchev–Trinajstić information content (AvgIpc) is 3.17. The zero-order valence-electron chi connectivity index (χ0n) is 18.6. The molecular formula is C25H32N4O2. The van der Waals surface area contributed by atoms with Crippen LogP contribution in [0.5, 0.6) is 5.75 Å². The summed E-state index contributed by atoms with van der Waals surface area (Å²) in [6, 6.07) is 17.6. The lowest BCUT2D eigenvalue weighted by Crippen LogP contribution is -2.53. The van der Waals surface area contributed by atoms with Gasteiger partial charge in [-0.3, -0.25) is 4.90 Å². The van der Waals surface area contributed by atoms with E-state index in [2.05, 4.69) is 21.6 Å². The Kier molecular flexibility index (Phi) is 7.54. The molecule has 1 aliphatic rings. The number of rotatable bonds is 7. The van der Waals surface area contributed by atoms with Crippen LogP contribution >= 0.6 is 0 Å². The first-order valence-electron chi connectivity index (χ1n) is 10.9. The minimum absolute atomic E-state index is 0.0917. The van der Waals surface area contributed by atoms with E-state index >= 15 is 0 Å². The molecule has 0 bridgehead atoms. The minimum atomic E-state index is -0.239. The smallest absolute Gasteiger partial charge is 0.316 e. The van der Waals surface area contributed by atoms with Crippen LogP contribution in [0.4, 0.5) is 4.79 Å². The molecule has 0 aromatic heterocycles. The summed E-state index contributed by atoms with van der Waals surface area (Å²) in [7, 11) is 0. The molecular weight excluding hydrogens is 388 g/mol. The van der Waals surface area contributed by atoms with E-state index in [9.17, 15) is 4.79 Å². The lowest BCUT2D eigenvalue weighted by atomic mass is 10.0. The lowest BCUT2D eigenvalue weighted by molar-refractivity contribution is 0.184. The zero-order valence-corrected chi connectivity index (χ0v) is 18.6. The standard InChI is InChI=1S/C25H32N4O2/c1-25(2,3)28-24(30)27-23-6-4-15-29(23)16-5-17-31-22-13-11-21(12-14-22)20-9-7-19(18-26)8-10-20/h7-14,23H,4-6,15-17H2,1-3H3,(H2,27,28,30). The van der Waals surface area contributed by atoms with Crippen molar-refractivity contribution in [3.8, 4) is 22.9 Å². The number of nitriles is 1. The van der Waals surface area contributed by atoms with E-state index in [4.69, 9.17) is 10.00 Å². The van der Waals surface area contributed by atoms with Crippen molar-refractivity contribution in [1.82, 2.24) is 15.5 Å². The largest absolute Gasteiger partial charge is 0.494 e. The van der Waals surface area contributed by atoms with Gasteiger partial charge in [-0.05, 0) is 75.4 Å². The fourth-order valence-electron chi connectivity index (χ4n) is 3.72. The van der Waals surface area contributed by atoms with Crippen molar-refractivity contribution in [2.45, 2.75) is 51.7 Å². The normalized spacial score (nSPS) is 16.5. The van der Waals surface area contributed by atoms with Crippen molar-refractivity contribution in [2.75, 3.05) is 19.7 Å². The third-order valence-electron chi connectivity index (χ3n) is 5.21. The highest BCUT2D eigenvalue weighted by molar-refractivity contribution is 5.75. The number of carbonyl (C=O) groups is 1. The lowest BCUT2D eigenvalue weighted by Gasteiger charge is -2.28. The van der Waals surface area contributed by atoms with E-state index in [1.165, 1.54) is 0 Å². The Morgan fingerprint density at radius 1 is 1.13 bits per heavy atom. The van der Waals surface area contributed by atoms with Crippen molar-refractivity contribution in [1.29, 1.82) is 5.26 Å². The predicted molar refractivity (Wildman–Crippen MR) is 123 cm³/mol. The number of nitrogens with one attached hydrogen (secondary N) is 2. The van der Waals surface area contributed by atoms with Crippen molar-refractivity contribution < 1.29 is 9.53 Å². The number of hydrogen-bond acceptors (Lipinski definition) is 4. The van der Waals surface area contributed by atoms with E-state index in [1.807, 2.05) is 69.3 Å². The molecule has 1 atom stereocenters. The van der Waals surface area contributed by atoms with E-state index in [0.717, 1.165) is 49.2 Å². The fraction of sp³-hybridized carbons (Fsp3) is 0.440. The van der Waals surface area contributed by atoms with Crippen LogP contribution in [0, 0.1) is 11.3 Å². The minimum Gasteiger partial charge on any atom is -0.494 e. The Morgan fingerprint density at radius 2 is 1.77 bits per heavy atom. The van der Waals surface area contributed by atoms with Crippen LogP contribution in [0.2, 0.25) is 0 Å². The molecule has 2 N–H and O–H groups in total. The molecule has 3 rings (SSSR count). The Bertz CT molecular complexity index is 895. The third kappa shape index (κ3) is 7.01. The van der Waals surface area contributed by atoms with Gasteiger partial charge >= 0.3 is 6.03 Å². The van der Waals surface area contributed by atoms with Crippen LogP contribution in [0.1, 0.15) is 45.6 Å². The van der Waals surface area contributed by atoms with E-state index in [0.29, 0.717) is 12.2 Å². The van der Waals surface area contributed by atoms with E-state index in [1.54, 1.807) is 0 Å². The van der Waals surface area contributed by atoms with Crippen LogP contribution in [-0.4, -0.2) is 42.3 Å². The topological polar surface area (TPSA) is 77.4 Å². The number of likely N-dealkylation sites (tertiary alicyclic amines) is 1. The number of ether oxygens (including phenoxy) is 1. The molecule has 1 fully saturated rings. The molecule has 6 nitrogen and oxygen atoms in total. The average molecular weight is 421 g/mol. The van der Waals surface area contributed by atoms with Gasteiger partial charge in [0.05, 0.1) is 24.4 Å². The van der Waals surface area contributed by atoms with Gasteiger partial charge in [-0.1, -0.05) is 24.3 Å². The molecule has 1 aliphatic heterocycles. The van der Waals surface area contributed by atoms with Crippen LogP contribution in [0.15, 0.2) is 48.5 Å². The van der Waals surface area contributed by atoms with Crippen LogP contribution in [-0.2, 0) is 0 Å². The van der Waals surface area contributed by atoms with Crippen molar-refractivity contribution in [3.05, 3.63) is 54.1 Å². The van der Waals surface area contributed by atoms with Gasteiger partial charge in [0.1, 0.15) is 5.75 Å². The summed E-state index contributed by atoms with van der Waals surface area (Å²) in [6.45, 7) is 8.46. The number of hydrogen-bond donors (Lipinski definition) is 2. The van der Waals surface area contributed by atoms with Gasteiger partial charge in [0.15, 0.2) is 0 Å². The molecule has 0 spiro atoms. The third-order valence-corrected chi connectivity index (χ3v) is 5.21. The molecule has 1 saturated heterocycles. The maximum absolute atomic E-state index is 12.1. The molecule has 2 amide bonds. The highest BCUT2D eigenvalue weighted by atomic mass is 16.5. The first-order valence-corrected chi connectivity index (χ1v) is 10.9. The van der Waals surface area contributed by atoms with Gasteiger partial charge in [0.2, 0.25) is 0 Å². The summed E-state index contributed by atoms with van der Waals surface area (Å²) in [6.07, 6.45) is 3.07. The molecule has 1 heterocycles. The summed E-state index contributed by atoms with van der Waals surface area (Å²) >= 11 is 0. The quantitative estimate of drug-likeness (QED) is 0.646. The monoisotopic (exact) mass is 420 g/mol. The molecule has 0 radical (unpaired) electrons. The summed E-state index contributed by atoms with van der Waals surface area (Å²) in [5.41, 5.74) is 2.59. The molecule has 164 valence electrons. The number of benzene rings is 2. The maximum atomic E-state index is 12.1. The second-order valence-electron chi connectivity index (χ2n) is 8.96. The molecule has 0 saturated carbocycles. The molecule has 6 heteroatoms. The second-order valence-corrected chi connectivity index (χ2v) is 8.96. The Balaban J connectivity index is 1.41. The maximum Gasteiger partial charge on any atom is 0.316 e. The van der Waals surface area contributed by atoms with Crippen LogP contribution < -0.4 is 15.4 Å². The van der Waals surface area contributed by atoms with Gasteiger partial charge < -0.3 is 15.4 Å². The van der Waals surface area contributed by atoms with Crippen LogP contribution in [0.25, 0.3) is 11.1 Å². The van der Waals surface area contributed by atoms with Gasteiger partial charge in [0.25, 0.3) is 0 Å². The van der Waals surface area contributed by atoms with Gasteiger partial charge in [0, 0.05) is 18.6 Å². The fourth-order valence-corrected chi connectivity index (χ4v) is 3.72. The first-order chi connectivity index (χ1) is 14.8. The second kappa shape index (κ2) is 10.3. The summed E-state index contributed by atoms with van der Waals surface area (Å²) in [5.74, 6) is 0.845. The number of nitrogens with zero attached hydrogens (tertiary/aromatic N) is 2.